The molecule has 0 aromatic heterocycles. The molecule has 8 heteroatoms. The number of nitrogens with one attached hydrogen (secondary N) is 1. The first kappa shape index (κ1) is 15.8. The highest BCUT2D eigenvalue weighted by molar-refractivity contribution is 7.81. The van der Waals surface area contributed by atoms with Gasteiger partial charge in [0.2, 0.25) is 17.7 Å². The van der Waals surface area contributed by atoms with E-state index in [-0.39, 0.29) is 24.1 Å². The van der Waals surface area contributed by atoms with Gasteiger partial charge in [0.1, 0.15) is 0 Å². The fourth-order valence-electron chi connectivity index (χ4n) is 1.83. The monoisotopic (exact) mass is 283 g/mol. The SMILES string of the molecule is B/C=N/NC(=O)CCCCCN1C(=O)CC(S)C1=O. The molecule has 0 aromatic rings. The van der Waals surface area contributed by atoms with Crippen LogP contribution in [0.1, 0.15) is 32.1 Å². The van der Waals surface area contributed by atoms with Crippen molar-refractivity contribution in [3.8, 4) is 0 Å². The van der Waals surface area contributed by atoms with Gasteiger partial charge in [0.25, 0.3) is 0 Å². The summed E-state index contributed by atoms with van der Waals surface area (Å²) in [5.41, 5.74) is 2.39. The van der Waals surface area contributed by atoms with Crippen molar-refractivity contribution < 1.29 is 14.4 Å². The molecule has 1 aliphatic rings. The van der Waals surface area contributed by atoms with Crippen LogP contribution in [0, 0.1) is 0 Å². The van der Waals surface area contributed by atoms with E-state index in [0.29, 0.717) is 25.8 Å². The summed E-state index contributed by atoms with van der Waals surface area (Å²) in [5, 5.41) is 3.15. The normalized spacial score (nSPS) is 19.4. The highest BCUT2D eigenvalue weighted by Gasteiger charge is 2.35. The van der Waals surface area contributed by atoms with E-state index in [1.54, 1.807) is 7.85 Å². The molecule has 1 N–H and O–H groups in total. The van der Waals surface area contributed by atoms with Gasteiger partial charge >= 0.3 is 0 Å². The Hall–Kier alpha value is -1.31. The Morgan fingerprint density at radius 3 is 2.79 bits per heavy atom. The number of carbonyl (C=O) groups excluding carboxylic acids is 3. The van der Waals surface area contributed by atoms with Gasteiger partial charge in [0.15, 0.2) is 7.85 Å². The summed E-state index contributed by atoms with van der Waals surface area (Å²) in [5.74, 6) is -0.481. The van der Waals surface area contributed by atoms with Crippen LogP contribution in [0.3, 0.4) is 0 Å². The lowest BCUT2D eigenvalue weighted by Crippen LogP contribution is -2.31. The molecule has 3 amide bonds. The smallest absolute Gasteiger partial charge is 0.242 e. The van der Waals surface area contributed by atoms with Gasteiger partial charge in [-0.2, -0.15) is 17.7 Å². The first-order valence-electron chi connectivity index (χ1n) is 6.35. The number of likely N-dealkylation sites (tertiary alicyclic amines) is 1. The van der Waals surface area contributed by atoms with Crippen LogP contribution in [0.15, 0.2) is 5.10 Å². The summed E-state index contributed by atoms with van der Waals surface area (Å²) in [6, 6.07) is 0. The lowest BCUT2D eigenvalue weighted by molar-refractivity contribution is -0.138. The third-order valence-electron chi connectivity index (χ3n) is 2.82. The molecule has 0 aromatic carbocycles. The zero-order valence-corrected chi connectivity index (χ0v) is 11.9. The molecule has 6 nitrogen and oxygen atoms in total. The zero-order valence-electron chi connectivity index (χ0n) is 11.0. The van der Waals surface area contributed by atoms with E-state index in [0.717, 1.165) is 6.42 Å². The van der Waals surface area contributed by atoms with Crippen molar-refractivity contribution in [2.24, 2.45) is 5.10 Å². The fourth-order valence-corrected chi connectivity index (χ4v) is 2.12. The van der Waals surface area contributed by atoms with Crippen LogP contribution in [-0.2, 0) is 14.4 Å². The van der Waals surface area contributed by atoms with E-state index in [2.05, 4.69) is 23.2 Å². The maximum atomic E-state index is 11.6. The second kappa shape index (κ2) is 7.98. The molecular formula is C11H18BN3O3S. The lowest BCUT2D eigenvalue weighted by atomic mass is 10.2. The van der Waals surface area contributed by atoms with Crippen molar-refractivity contribution in [3.63, 3.8) is 0 Å². The van der Waals surface area contributed by atoms with Crippen LogP contribution in [0.5, 0.6) is 0 Å². The highest BCUT2D eigenvalue weighted by atomic mass is 32.1. The molecule has 0 saturated carbocycles. The third-order valence-corrected chi connectivity index (χ3v) is 3.23. The number of thiol groups is 1. The standard InChI is InChI=1S/C11H18BN3O3S/c12-7-13-14-9(16)4-2-1-3-5-15-10(17)6-8(19)11(15)18/h7-8,19H,1-6,12H2,(H,14,16)/b13-7+. The van der Waals surface area contributed by atoms with Gasteiger partial charge in [0, 0.05) is 19.4 Å². The molecule has 104 valence electrons. The third kappa shape index (κ3) is 5.06. The molecule has 1 fully saturated rings. The molecule has 19 heavy (non-hydrogen) atoms. The number of hydrazone groups is 1. The summed E-state index contributed by atoms with van der Waals surface area (Å²) in [6.45, 7) is 0.420. The second-order valence-corrected chi connectivity index (χ2v) is 4.96. The Labute approximate surface area is 118 Å². The van der Waals surface area contributed by atoms with Crippen LogP contribution in [-0.4, -0.2) is 48.4 Å². The minimum Gasteiger partial charge on any atom is -0.282 e. The van der Waals surface area contributed by atoms with E-state index < -0.39 is 5.25 Å². The molecule has 0 bridgehead atoms. The molecule has 0 radical (unpaired) electrons. The van der Waals surface area contributed by atoms with Crippen LogP contribution >= 0.6 is 12.6 Å². The number of amides is 3. The van der Waals surface area contributed by atoms with Crippen LogP contribution in [0.4, 0.5) is 0 Å². The van der Waals surface area contributed by atoms with Gasteiger partial charge in [-0.3, -0.25) is 19.3 Å². The fraction of sp³-hybridized carbons (Fsp3) is 0.636. The van der Waals surface area contributed by atoms with Crippen molar-refractivity contribution in [1.29, 1.82) is 0 Å². The number of hydrogen-bond acceptors (Lipinski definition) is 5. The first-order valence-corrected chi connectivity index (χ1v) is 6.86. The number of imide groups is 1. The van der Waals surface area contributed by atoms with E-state index >= 15 is 0 Å². The number of carbonyl (C=O) groups is 3. The van der Waals surface area contributed by atoms with E-state index in [4.69, 9.17) is 0 Å². The summed E-state index contributed by atoms with van der Waals surface area (Å²) in [4.78, 5) is 35.5. The van der Waals surface area contributed by atoms with Gasteiger partial charge in [-0.1, -0.05) is 6.42 Å². The number of nitrogens with zero attached hydrogens (tertiary/aromatic N) is 2. The zero-order chi connectivity index (χ0) is 14.3. The largest absolute Gasteiger partial charge is 0.282 e. The Bertz CT molecular complexity index is 389. The first-order chi connectivity index (χ1) is 9.06. The van der Waals surface area contributed by atoms with Crippen LogP contribution < -0.4 is 5.43 Å². The second-order valence-electron chi connectivity index (χ2n) is 4.34. The van der Waals surface area contributed by atoms with E-state index in [9.17, 15) is 14.4 Å². The number of unbranched alkanes of at least 4 members (excludes halogenated alkanes) is 2. The van der Waals surface area contributed by atoms with Crippen molar-refractivity contribution in [3.05, 3.63) is 0 Å². The lowest BCUT2D eigenvalue weighted by Gasteiger charge is -2.13. The van der Waals surface area contributed by atoms with E-state index in [1.807, 2.05) is 0 Å². The molecule has 1 aliphatic heterocycles. The van der Waals surface area contributed by atoms with Gasteiger partial charge in [-0.15, -0.1) is 0 Å². The van der Waals surface area contributed by atoms with E-state index in [1.165, 1.54) is 11.0 Å². The van der Waals surface area contributed by atoms with Crippen molar-refractivity contribution in [2.75, 3.05) is 6.54 Å². The topological polar surface area (TPSA) is 78.8 Å². The minimum atomic E-state index is -0.481. The predicted molar refractivity (Wildman–Crippen MR) is 77.8 cm³/mol. The molecule has 1 saturated heterocycles. The molecule has 0 spiro atoms. The number of rotatable bonds is 7. The average molecular weight is 283 g/mol. The number of hydrogen-bond donors (Lipinski definition) is 2. The Balaban J connectivity index is 2.13. The summed E-state index contributed by atoms with van der Waals surface area (Å²) in [7, 11) is 1.72. The van der Waals surface area contributed by atoms with Crippen molar-refractivity contribution >= 4 is 44.3 Å². The summed E-state index contributed by atoms with van der Waals surface area (Å²) >= 11 is 4.05. The highest BCUT2D eigenvalue weighted by Crippen LogP contribution is 2.18. The molecular weight excluding hydrogens is 265 g/mol. The summed E-state index contributed by atoms with van der Waals surface area (Å²) < 4.78 is 0. The molecule has 0 aliphatic carbocycles. The van der Waals surface area contributed by atoms with Crippen molar-refractivity contribution in [2.45, 2.75) is 37.4 Å². The Morgan fingerprint density at radius 1 is 1.47 bits per heavy atom. The van der Waals surface area contributed by atoms with Crippen LogP contribution in [0.2, 0.25) is 0 Å². The van der Waals surface area contributed by atoms with Gasteiger partial charge in [-0.05, 0) is 19.0 Å². The summed E-state index contributed by atoms with van der Waals surface area (Å²) in [6.07, 6.45) is 4.32. The van der Waals surface area contributed by atoms with Gasteiger partial charge in [-0.25, -0.2) is 5.43 Å². The maximum Gasteiger partial charge on any atom is 0.242 e. The van der Waals surface area contributed by atoms with Crippen molar-refractivity contribution in [1.82, 2.24) is 10.3 Å². The molecule has 1 rings (SSSR count). The quantitative estimate of drug-likeness (QED) is 0.162. The minimum absolute atomic E-state index is 0.123. The average Bonchev–Trinajstić information content (AvgIpc) is 2.62. The maximum absolute atomic E-state index is 11.6. The van der Waals surface area contributed by atoms with Crippen LogP contribution in [0.25, 0.3) is 0 Å². The van der Waals surface area contributed by atoms with Gasteiger partial charge in [0.05, 0.1) is 5.25 Å². The van der Waals surface area contributed by atoms with Gasteiger partial charge < -0.3 is 0 Å². The Kier molecular flexibility index (Phi) is 6.62. The molecule has 1 heterocycles. The molecule has 1 unspecified atom stereocenters. The Morgan fingerprint density at radius 2 is 2.21 bits per heavy atom. The molecule has 1 atom stereocenters. The predicted octanol–water partition coefficient (Wildman–Crippen LogP) is -0.703.